The first-order valence-corrected chi connectivity index (χ1v) is 13.2. The Kier molecular flexibility index (Phi) is 10.1. The van der Waals surface area contributed by atoms with Crippen molar-refractivity contribution in [2.45, 2.75) is 67.2 Å². The van der Waals surface area contributed by atoms with Crippen molar-refractivity contribution in [3.63, 3.8) is 0 Å². The fourth-order valence-electron chi connectivity index (χ4n) is 4.21. The average molecular weight is 551 g/mol. The predicted molar refractivity (Wildman–Crippen MR) is 150 cm³/mol. The van der Waals surface area contributed by atoms with E-state index in [1.165, 1.54) is 6.92 Å². The number of oxazole rings is 1. The maximum Gasteiger partial charge on any atom is 0.349 e. The maximum atomic E-state index is 12.6. The molecule has 0 aliphatic rings. The summed E-state index contributed by atoms with van der Waals surface area (Å²) in [5, 5.41) is 0. The first-order chi connectivity index (χ1) is 18.9. The minimum Gasteiger partial charge on any atom is -0.476 e. The zero-order chi connectivity index (χ0) is 29.4. The molecule has 3 aromatic rings. The van der Waals surface area contributed by atoms with Gasteiger partial charge in [-0.25, -0.2) is 9.78 Å². The zero-order valence-electron chi connectivity index (χ0n) is 24.2. The van der Waals surface area contributed by atoms with Gasteiger partial charge < -0.3 is 13.9 Å². The van der Waals surface area contributed by atoms with Crippen molar-refractivity contribution in [2.24, 2.45) is 0 Å². The third-order valence-electron chi connectivity index (χ3n) is 6.08. The number of hydrogen-bond acceptors (Lipinski definition) is 8. The minimum absolute atomic E-state index is 0.000509. The number of amides is 2. The number of benzene rings is 2. The number of nitrogens with zero attached hydrogens (tertiary/aromatic N) is 2. The molecule has 0 aliphatic carbocycles. The summed E-state index contributed by atoms with van der Waals surface area (Å²) >= 11 is 0. The van der Waals surface area contributed by atoms with E-state index in [0.717, 1.165) is 22.3 Å². The van der Waals surface area contributed by atoms with Gasteiger partial charge in [0.25, 0.3) is 5.91 Å². The molecular formula is C30H38N4O6. The Bertz CT molecular complexity index is 1330. The number of ether oxygens (including phenoxy) is 2. The molecule has 40 heavy (non-hydrogen) atoms. The SMILES string of the molecule is CCOC(=O)C(C)(C)Oc1c(C)cc(CN(CC(=O)NNC(C)=O)Cc2nc(-c3ccccc3)oc2C)cc1C. The molecule has 1 heterocycles. The number of esters is 1. The quantitative estimate of drug-likeness (QED) is 0.270. The molecule has 0 saturated carbocycles. The summed E-state index contributed by atoms with van der Waals surface area (Å²) in [7, 11) is 0. The summed E-state index contributed by atoms with van der Waals surface area (Å²) in [6, 6.07) is 13.5. The van der Waals surface area contributed by atoms with Gasteiger partial charge in [-0.2, -0.15) is 0 Å². The van der Waals surface area contributed by atoms with Crippen LogP contribution in [0.1, 0.15) is 55.8 Å². The van der Waals surface area contributed by atoms with Crippen LogP contribution >= 0.6 is 0 Å². The summed E-state index contributed by atoms with van der Waals surface area (Å²) in [6.45, 7) is 13.1. The molecule has 0 spiro atoms. The van der Waals surface area contributed by atoms with Crippen LogP contribution in [0.15, 0.2) is 46.9 Å². The third-order valence-corrected chi connectivity index (χ3v) is 6.08. The monoisotopic (exact) mass is 550 g/mol. The van der Waals surface area contributed by atoms with E-state index in [-0.39, 0.29) is 25.0 Å². The van der Waals surface area contributed by atoms with Crippen LogP contribution in [0, 0.1) is 20.8 Å². The number of hydrogen-bond donors (Lipinski definition) is 2. The maximum absolute atomic E-state index is 12.6. The molecule has 10 nitrogen and oxygen atoms in total. The number of carbonyl (C=O) groups excluding carboxylic acids is 3. The van der Waals surface area contributed by atoms with Crippen molar-refractivity contribution >= 4 is 17.8 Å². The first kappa shape index (κ1) is 30.4. The number of carbonyl (C=O) groups is 3. The highest BCUT2D eigenvalue weighted by molar-refractivity contribution is 5.82. The van der Waals surface area contributed by atoms with Crippen LogP contribution in [0.25, 0.3) is 11.5 Å². The number of aryl methyl sites for hydroxylation is 3. The summed E-state index contributed by atoms with van der Waals surface area (Å²) in [5.41, 5.74) is 7.79. The molecule has 3 rings (SSSR count). The van der Waals surface area contributed by atoms with Crippen LogP contribution < -0.4 is 15.6 Å². The molecule has 0 bridgehead atoms. The van der Waals surface area contributed by atoms with Crippen molar-refractivity contribution in [1.82, 2.24) is 20.7 Å². The second-order valence-corrected chi connectivity index (χ2v) is 10.2. The molecule has 1 aromatic heterocycles. The molecule has 0 radical (unpaired) electrons. The zero-order valence-corrected chi connectivity index (χ0v) is 24.2. The molecule has 2 amide bonds. The Balaban J connectivity index is 1.85. The Morgan fingerprint density at radius 2 is 1.65 bits per heavy atom. The Morgan fingerprint density at radius 1 is 1.00 bits per heavy atom. The fraction of sp³-hybridized carbons (Fsp3) is 0.400. The van der Waals surface area contributed by atoms with Gasteiger partial charge in [0.2, 0.25) is 11.8 Å². The van der Waals surface area contributed by atoms with Crippen molar-refractivity contribution < 1.29 is 28.3 Å². The van der Waals surface area contributed by atoms with Gasteiger partial charge in [0, 0.05) is 25.6 Å². The Labute approximate surface area is 235 Å². The van der Waals surface area contributed by atoms with Gasteiger partial charge in [-0.3, -0.25) is 25.3 Å². The van der Waals surface area contributed by atoms with Crippen LogP contribution in [0.5, 0.6) is 5.75 Å². The summed E-state index contributed by atoms with van der Waals surface area (Å²) < 4.78 is 17.2. The van der Waals surface area contributed by atoms with E-state index in [1.807, 2.05) is 68.1 Å². The van der Waals surface area contributed by atoms with Gasteiger partial charge >= 0.3 is 5.97 Å². The molecule has 2 aromatic carbocycles. The second kappa shape index (κ2) is 13.3. The summed E-state index contributed by atoms with van der Waals surface area (Å²) in [6.07, 6.45) is 0. The lowest BCUT2D eigenvalue weighted by molar-refractivity contribution is -0.158. The topological polar surface area (TPSA) is 123 Å². The number of nitrogens with one attached hydrogen (secondary N) is 2. The van der Waals surface area contributed by atoms with Gasteiger partial charge in [0.1, 0.15) is 11.5 Å². The molecule has 0 atom stereocenters. The van der Waals surface area contributed by atoms with E-state index in [1.54, 1.807) is 20.8 Å². The fourth-order valence-corrected chi connectivity index (χ4v) is 4.21. The van der Waals surface area contributed by atoms with Crippen LogP contribution in [0.2, 0.25) is 0 Å². The van der Waals surface area contributed by atoms with Crippen LogP contribution in [0.4, 0.5) is 0 Å². The third kappa shape index (κ3) is 8.16. The largest absolute Gasteiger partial charge is 0.476 e. The molecule has 0 unspecified atom stereocenters. The van der Waals surface area contributed by atoms with Gasteiger partial charge in [-0.1, -0.05) is 30.3 Å². The van der Waals surface area contributed by atoms with E-state index in [9.17, 15) is 14.4 Å². The lowest BCUT2D eigenvalue weighted by atomic mass is 10.0. The standard InChI is InChI=1S/C30H38N4O6/c1-8-38-29(37)30(6,7)40-27-19(2)14-23(15-20(27)3)16-34(18-26(36)33-32-22(5)35)17-25-21(4)39-28(31-25)24-12-10-9-11-13-24/h9-15H,8,16-18H2,1-7H3,(H,32,35)(H,33,36). The van der Waals surface area contributed by atoms with Gasteiger partial charge in [-0.05, 0) is 70.4 Å². The molecule has 214 valence electrons. The smallest absolute Gasteiger partial charge is 0.349 e. The molecule has 0 fully saturated rings. The van der Waals surface area contributed by atoms with E-state index in [2.05, 4.69) is 10.9 Å². The number of hydrazine groups is 1. The van der Waals surface area contributed by atoms with Crippen molar-refractivity contribution in [3.05, 3.63) is 70.6 Å². The highest BCUT2D eigenvalue weighted by atomic mass is 16.6. The van der Waals surface area contributed by atoms with E-state index in [0.29, 0.717) is 36.2 Å². The average Bonchev–Trinajstić information content (AvgIpc) is 3.25. The van der Waals surface area contributed by atoms with Crippen molar-refractivity contribution in [2.75, 3.05) is 13.2 Å². The molecular weight excluding hydrogens is 512 g/mol. The van der Waals surface area contributed by atoms with Gasteiger partial charge in [0.05, 0.1) is 18.8 Å². The van der Waals surface area contributed by atoms with Crippen LogP contribution in [0.3, 0.4) is 0 Å². The summed E-state index contributed by atoms with van der Waals surface area (Å²) in [5.74, 6) is 0.594. The normalized spacial score (nSPS) is 11.3. The van der Waals surface area contributed by atoms with Gasteiger partial charge in [0.15, 0.2) is 5.60 Å². The lowest BCUT2D eigenvalue weighted by Crippen LogP contribution is -2.45. The Hall–Kier alpha value is -4.18. The summed E-state index contributed by atoms with van der Waals surface area (Å²) in [4.78, 5) is 42.9. The van der Waals surface area contributed by atoms with Crippen LogP contribution in [-0.2, 0) is 32.2 Å². The molecule has 0 saturated heterocycles. The number of rotatable bonds is 11. The molecule has 10 heteroatoms. The van der Waals surface area contributed by atoms with E-state index >= 15 is 0 Å². The Morgan fingerprint density at radius 3 is 2.25 bits per heavy atom. The van der Waals surface area contributed by atoms with E-state index < -0.39 is 11.6 Å². The lowest BCUT2D eigenvalue weighted by Gasteiger charge is -2.27. The number of aromatic nitrogens is 1. The highest BCUT2D eigenvalue weighted by Gasteiger charge is 2.32. The first-order valence-electron chi connectivity index (χ1n) is 13.2. The van der Waals surface area contributed by atoms with Gasteiger partial charge in [-0.15, -0.1) is 0 Å². The molecule has 2 N–H and O–H groups in total. The van der Waals surface area contributed by atoms with E-state index in [4.69, 9.17) is 18.9 Å². The van der Waals surface area contributed by atoms with Crippen LogP contribution in [-0.4, -0.2) is 46.4 Å². The second-order valence-electron chi connectivity index (χ2n) is 10.2. The molecule has 0 aliphatic heterocycles. The minimum atomic E-state index is -1.15. The van der Waals surface area contributed by atoms with Crippen molar-refractivity contribution in [3.8, 4) is 17.2 Å². The highest BCUT2D eigenvalue weighted by Crippen LogP contribution is 2.30. The van der Waals surface area contributed by atoms with Crippen molar-refractivity contribution in [1.29, 1.82) is 0 Å². The predicted octanol–water partition coefficient (Wildman–Crippen LogP) is 4.16.